The van der Waals surface area contributed by atoms with Crippen LogP contribution in [0.3, 0.4) is 0 Å². The molecule has 0 radical (unpaired) electrons. The van der Waals surface area contributed by atoms with Crippen LogP contribution in [-0.4, -0.2) is 9.97 Å². The van der Waals surface area contributed by atoms with Crippen LogP contribution in [0.25, 0.3) is 0 Å². The molecule has 0 fully saturated rings. The zero-order valence-corrected chi connectivity index (χ0v) is 13.5. The van der Waals surface area contributed by atoms with Gasteiger partial charge in [-0.3, -0.25) is 0 Å². The molecule has 0 unspecified atom stereocenters. The van der Waals surface area contributed by atoms with Gasteiger partial charge in [-0.2, -0.15) is 0 Å². The lowest BCUT2D eigenvalue weighted by Gasteiger charge is -2.07. The number of nitrogens with zero attached hydrogens (tertiary/aromatic N) is 2. The molecule has 0 amide bonds. The Morgan fingerprint density at radius 1 is 1.05 bits per heavy atom. The molecule has 3 aromatic rings. The van der Waals surface area contributed by atoms with E-state index in [1.807, 2.05) is 43.3 Å². The average Bonchev–Trinajstić information content (AvgIpc) is 2.94. The number of hydrogen-bond acceptors (Lipinski definition) is 5. The van der Waals surface area contributed by atoms with Gasteiger partial charge in [-0.15, -0.1) is 11.3 Å². The van der Waals surface area contributed by atoms with Gasteiger partial charge in [0.2, 0.25) is 0 Å². The van der Waals surface area contributed by atoms with Gasteiger partial charge in [0.25, 0.3) is 0 Å². The van der Waals surface area contributed by atoms with Crippen LogP contribution >= 0.6 is 22.9 Å². The second-order valence-corrected chi connectivity index (χ2v) is 6.42. The van der Waals surface area contributed by atoms with Crippen LogP contribution in [0.2, 0.25) is 4.47 Å². The molecule has 0 atom stereocenters. The Morgan fingerprint density at radius 3 is 2.45 bits per heavy atom. The third kappa shape index (κ3) is 3.96. The van der Waals surface area contributed by atoms with Crippen molar-refractivity contribution in [3.8, 4) is 11.5 Å². The molecule has 2 aromatic heterocycles. The Morgan fingerprint density at radius 2 is 1.82 bits per heavy atom. The summed E-state index contributed by atoms with van der Waals surface area (Å²) in [6, 6.07) is 11.7. The minimum Gasteiger partial charge on any atom is -0.456 e. The molecule has 1 aromatic carbocycles. The summed E-state index contributed by atoms with van der Waals surface area (Å²) >= 11 is 7.25. The zero-order valence-electron chi connectivity index (χ0n) is 11.9. The third-order valence-corrected chi connectivity index (χ3v) is 4.08. The standard InChI is InChI=1S/C16H14ClN3OS/c1-11-2-4-12(5-3-11)21-13-6-7-15(18-8-13)19-9-14-10-20-16(17)22-14/h2-8,10H,9H2,1H3,(H,18,19). The van der Waals surface area contributed by atoms with Crippen molar-refractivity contribution in [3.05, 3.63) is 63.7 Å². The molecule has 2 heterocycles. The van der Waals surface area contributed by atoms with E-state index in [1.165, 1.54) is 16.9 Å². The molecule has 3 rings (SSSR count). The predicted molar refractivity (Wildman–Crippen MR) is 89.9 cm³/mol. The first-order valence-electron chi connectivity index (χ1n) is 6.74. The molecule has 4 nitrogen and oxygen atoms in total. The number of ether oxygens (including phenoxy) is 1. The predicted octanol–water partition coefficient (Wildman–Crippen LogP) is 4.90. The summed E-state index contributed by atoms with van der Waals surface area (Å²) in [5.41, 5.74) is 1.20. The first-order valence-corrected chi connectivity index (χ1v) is 7.93. The molecular formula is C16H14ClN3OS. The van der Waals surface area contributed by atoms with E-state index in [9.17, 15) is 0 Å². The fourth-order valence-electron chi connectivity index (χ4n) is 1.83. The fraction of sp³-hybridized carbons (Fsp3) is 0.125. The molecule has 0 aliphatic rings. The summed E-state index contributed by atoms with van der Waals surface area (Å²) in [5.74, 6) is 2.28. The van der Waals surface area contributed by atoms with Crippen molar-refractivity contribution in [2.45, 2.75) is 13.5 Å². The molecule has 22 heavy (non-hydrogen) atoms. The largest absolute Gasteiger partial charge is 0.456 e. The summed E-state index contributed by atoms with van der Waals surface area (Å²) < 4.78 is 6.29. The van der Waals surface area contributed by atoms with E-state index in [0.717, 1.165) is 16.4 Å². The number of halogens is 1. The van der Waals surface area contributed by atoms with Crippen LogP contribution in [0.1, 0.15) is 10.4 Å². The molecule has 112 valence electrons. The van der Waals surface area contributed by atoms with Crippen molar-refractivity contribution in [1.29, 1.82) is 0 Å². The number of aryl methyl sites for hydroxylation is 1. The highest BCUT2D eigenvalue weighted by molar-refractivity contribution is 7.15. The number of anilines is 1. The van der Waals surface area contributed by atoms with Gasteiger partial charge in [0.05, 0.1) is 12.7 Å². The van der Waals surface area contributed by atoms with Gasteiger partial charge in [-0.05, 0) is 31.2 Å². The summed E-state index contributed by atoms with van der Waals surface area (Å²) in [6.45, 7) is 2.69. The highest BCUT2D eigenvalue weighted by Gasteiger charge is 2.02. The zero-order chi connectivity index (χ0) is 15.4. The fourth-order valence-corrected chi connectivity index (χ4v) is 2.75. The number of rotatable bonds is 5. The molecule has 0 aliphatic carbocycles. The van der Waals surface area contributed by atoms with Crippen LogP contribution in [0.15, 0.2) is 48.8 Å². The lowest BCUT2D eigenvalue weighted by Crippen LogP contribution is -1.99. The second kappa shape index (κ2) is 6.77. The van der Waals surface area contributed by atoms with Gasteiger partial charge in [0.1, 0.15) is 17.3 Å². The van der Waals surface area contributed by atoms with E-state index in [1.54, 1.807) is 12.4 Å². The summed E-state index contributed by atoms with van der Waals surface area (Å²) in [5, 5.41) is 3.22. The van der Waals surface area contributed by atoms with Crippen LogP contribution in [-0.2, 0) is 6.54 Å². The Bertz CT molecular complexity index is 741. The van der Waals surface area contributed by atoms with Crippen molar-refractivity contribution in [2.75, 3.05) is 5.32 Å². The van der Waals surface area contributed by atoms with Crippen molar-refractivity contribution in [2.24, 2.45) is 0 Å². The summed E-state index contributed by atoms with van der Waals surface area (Å²) in [6.07, 6.45) is 3.46. The Labute approximate surface area is 137 Å². The molecule has 0 spiro atoms. The van der Waals surface area contributed by atoms with Crippen molar-refractivity contribution in [1.82, 2.24) is 9.97 Å². The first-order chi connectivity index (χ1) is 10.7. The molecule has 0 bridgehead atoms. The van der Waals surface area contributed by atoms with E-state index >= 15 is 0 Å². The van der Waals surface area contributed by atoms with Gasteiger partial charge in [-0.1, -0.05) is 29.3 Å². The second-order valence-electron chi connectivity index (χ2n) is 4.73. The maximum atomic E-state index is 5.80. The van der Waals surface area contributed by atoms with E-state index in [-0.39, 0.29) is 0 Å². The lowest BCUT2D eigenvalue weighted by atomic mass is 10.2. The molecule has 6 heteroatoms. The van der Waals surface area contributed by atoms with Crippen LogP contribution in [0.4, 0.5) is 5.82 Å². The number of pyridine rings is 1. The topological polar surface area (TPSA) is 47.0 Å². The van der Waals surface area contributed by atoms with Gasteiger partial charge in [0.15, 0.2) is 4.47 Å². The monoisotopic (exact) mass is 331 g/mol. The third-order valence-electron chi connectivity index (χ3n) is 2.96. The molecule has 0 aliphatic heterocycles. The molecule has 0 saturated carbocycles. The minimum atomic E-state index is 0.548. The quantitative estimate of drug-likeness (QED) is 0.722. The van der Waals surface area contributed by atoms with Crippen molar-refractivity contribution < 1.29 is 4.74 Å². The highest BCUT2D eigenvalue weighted by atomic mass is 35.5. The Kier molecular flexibility index (Phi) is 4.56. The number of hydrogen-bond donors (Lipinski definition) is 1. The highest BCUT2D eigenvalue weighted by Crippen LogP contribution is 2.22. The van der Waals surface area contributed by atoms with E-state index < -0.39 is 0 Å². The van der Waals surface area contributed by atoms with Gasteiger partial charge >= 0.3 is 0 Å². The molecule has 0 saturated heterocycles. The van der Waals surface area contributed by atoms with Crippen LogP contribution in [0.5, 0.6) is 11.5 Å². The SMILES string of the molecule is Cc1ccc(Oc2ccc(NCc3cnc(Cl)s3)nc2)cc1. The van der Waals surface area contributed by atoms with Crippen molar-refractivity contribution >= 4 is 28.8 Å². The minimum absolute atomic E-state index is 0.548. The Hall–Kier alpha value is -2.11. The summed E-state index contributed by atoms with van der Waals surface area (Å²) in [4.78, 5) is 9.39. The van der Waals surface area contributed by atoms with Gasteiger partial charge < -0.3 is 10.1 Å². The first kappa shape index (κ1) is 14.8. The van der Waals surface area contributed by atoms with E-state index in [2.05, 4.69) is 15.3 Å². The van der Waals surface area contributed by atoms with Crippen molar-refractivity contribution in [3.63, 3.8) is 0 Å². The van der Waals surface area contributed by atoms with Crippen LogP contribution in [0, 0.1) is 6.92 Å². The molecule has 1 N–H and O–H groups in total. The summed E-state index contributed by atoms with van der Waals surface area (Å²) in [7, 11) is 0. The van der Waals surface area contributed by atoms with Gasteiger partial charge in [-0.25, -0.2) is 9.97 Å². The Balaban J connectivity index is 1.59. The molecular weight excluding hydrogens is 318 g/mol. The van der Waals surface area contributed by atoms with E-state index in [0.29, 0.717) is 16.8 Å². The van der Waals surface area contributed by atoms with E-state index in [4.69, 9.17) is 16.3 Å². The lowest BCUT2D eigenvalue weighted by molar-refractivity contribution is 0.480. The van der Waals surface area contributed by atoms with Crippen LogP contribution < -0.4 is 10.1 Å². The number of benzene rings is 1. The average molecular weight is 332 g/mol. The normalized spacial score (nSPS) is 10.5. The number of thiazole rings is 1. The number of aromatic nitrogens is 2. The smallest absolute Gasteiger partial charge is 0.183 e. The maximum Gasteiger partial charge on any atom is 0.183 e. The van der Waals surface area contributed by atoms with Gasteiger partial charge in [0, 0.05) is 11.1 Å². The number of nitrogens with one attached hydrogen (secondary N) is 1. The maximum absolute atomic E-state index is 5.80.